The van der Waals surface area contributed by atoms with Crippen molar-refractivity contribution in [2.75, 3.05) is 18.5 Å². The second kappa shape index (κ2) is 4.72. The number of anilines is 1. The highest BCUT2D eigenvalue weighted by atomic mass is 16.3. The summed E-state index contributed by atoms with van der Waals surface area (Å²) in [4.78, 5) is 4.38. The van der Waals surface area contributed by atoms with Gasteiger partial charge in [-0.1, -0.05) is 32.0 Å². The van der Waals surface area contributed by atoms with Gasteiger partial charge in [0.15, 0.2) is 0 Å². The minimum atomic E-state index is -0.119. The Kier molecular flexibility index (Phi) is 3.29. The van der Waals surface area contributed by atoms with Gasteiger partial charge in [0.05, 0.1) is 17.4 Å². The van der Waals surface area contributed by atoms with E-state index in [1.165, 1.54) is 0 Å². The number of benzene rings is 1. The van der Waals surface area contributed by atoms with Crippen molar-refractivity contribution in [1.29, 1.82) is 0 Å². The van der Waals surface area contributed by atoms with Crippen molar-refractivity contribution in [3.8, 4) is 0 Å². The van der Waals surface area contributed by atoms with Crippen molar-refractivity contribution < 1.29 is 5.11 Å². The van der Waals surface area contributed by atoms with Crippen LogP contribution in [0.1, 0.15) is 13.8 Å². The van der Waals surface area contributed by atoms with Crippen molar-refractivity contribution in [1.82, 2.24) is 4.98 Å². The first kappa shape index (κ1) is 11.9. The lowest BCUT2D eigenvalue weighted by atomic mass is 9.95. The van der Waals surface area contributed by atoms with E-state index in [1.54, 1.807) is 0 Å². The molecule has 0 atom stereocenters. The molecule has 0 saturated heterocycles. The minimum Gasteiger partial charge on any atom is -0.396 e. The lowest BCUT2D eigenvalue weighted by Crippen LogP contribution is -2.26. The summed E-state index contributed by atoms with van der Waals surface area (Å²) in [5.74, 6) is 0. The number of pyridine rings is 1. The minimum absolute atomic E-state index is 0.119. The predicted molar refractivity (Wildman–Crippen MR) is 71.1 cm³/mol. The van der Waals surface area contributed by atoms with Crippen LogP contribution >= 0.6 is 0 Å². The highest BCUT2D eigenvalue weighted by Gasteiger charge is 2.15. The lowest BCUT2D eigenvalue weighted by molar-refractivity contribution is 0.171. The van der Waals surface area contributed by atoms with Gasteiger partial charge in [-0.05, 0) is 12.1 Å². The zero-order chi connectivity index (χ0) is 12.3. The van der Waals surface area contributed by atoms with E-state index in [-0.39, 0.29) is 12.0 Å². The average Bonchev–Trinajstić information content (AvgIpc) is 2.36. The maximum atomic E-state index is 9.19. The van der Waals surface area contributed by atoms with Crippen LogP contribution in [0.25, 0.3) is 10.9 Å². The normalized spacial score (nSPS) is 11.7. The van der Waals surface area contributed by atoms with E-state index in [0.29, 0.717) is 0 Å². The molecule has 3 nitrogen and oxygen atoms in total. The molecule has 0 radical (unpaired) electrons. The first-order chi connectivity index (χ1) is 8.11. The molecule has 0 saturated carbocycles. The molecule has 0 aliphatic heterocycles. The van der Waals surface area contributed by atoms with Gasteiger partial charge in [-0.15, -0.1) is 0 Å². The zero-order valence-corrected chi connectivity index (χ0v) is 10.3. The Hall–Kier alpha value is -1.61. The Labute approximate surface area is 102 Å². The number of para-hydroxylation sites is 1. The number of nitrogens with zero attached hydrogens (tertiary/aromatic N) is 1. The summed E-state index contributed by atoms with van der Waals surface area (Å²) < 4.78 is 0. The van der Waals surface area contributed by atoms with E-state index in [2.05, 4.69) is 16.4 Å². The number of aliphatic hydroxyl groups is 1. The molecule has 0 fully saturated rings. The first-order valence-electron chi connectivity index (χ1n) is 5.80. The molecule has 17 heavy (non-hydrogen) atoms. The molecule has 0 spiro atoms. The standard InChI is InChI=1S/C14H18N2O/c1-14(2,10-17)9-16-12-7-11-5-3-4-6-13(11)15-8-12/h3-8,16-17H,9-10H2,1-2H3. The summed E-state index contributed by atoms with van der Waals surface area (Å²) in [6.07, 6.45) is 1.83. The monoisotopic (exact) mass is 230 g/mol. The number of rotatable bonds is 4. The molecule has 2 rings (SSSR count). The Balaban J connectivity index is 2.14. The van der Waals surface area contributed by atoms with Gasteiger partial charge in [-0.2, -0.15) is 0 Å². The van der Waals surface area contributed by atoms with Crippen LogP contribution in [0.4, 0.5) is 5.69 Å². The van der Waals surface area contributed by atoms with E-state index in [4.69, 9.17) is 0 Å². The maximum absolute atomic E-state index is 9.19. The van der Waals surface area contributed by atoms with E-state index in [0.717, 1.165) is 23.1 Å². The van der Waals surface area contributed by atoms with Gasteiger partial charge in [0.25, 0.3) is 0 Å². The third-order valence-electron chi connectivity index (χ3n) is 2.79. The van der Waals surface area contributed by atoms with Crippen LogP contribution in [0.15, 0.2) is 36.5 Å². The van der Waals surface area contributed by atoms with Crippen LogP contribution in [0.3, 0.4) is 0 Å². The van der Waals surface area contributed by atoms with Crippen LogP contribution in [0, 0.1) is 5.41 Å². The van der Waals surface area contributed by atoms with Gasteiger partial charge in [0.2, 0.25) is 0 Å². The number of fused-ring (bicyclic) bond motifs is 1. The molecule has 0 bridgehead atoms. The van der Waals surface area contributed by atoms with E-state index < -0.39 is 0 Å². The third-order valence-corrected chi connectivity index (χ3v) is 2.79. The first-order valence-corrected chi connectivity index (χ1v) is 5.80. The van der Waals surface area contributed by atoms with Crippen LogP contribution in [-0.2, 0) is 0 Å². The predicted octanol–water partition coefficient (Wildman–Crippen LogP) is 2.67. The van der Waals surface area contributed by atoms with Crippen molar-refractivity contribution in [3.63, 3.8) is 0 Å². The summed E-state index contributed by atoms with van der Waals surface area (Å²) in [6, 6.07) is 10.1. The summed E-state index contributed by atoms with van der Waals surface area (Å²) in [5.41, 5.74) is 1.87. The molecule has 1 aromatic carbocycles. The van der Waals surface area contributed by atoms with E-state index in [9.17, 15) is 5.11 Å². The fraction of sp³-hybridized carbons (Fsp3) is 0.357. The largest absolute Gasteiger partial charge is 0.396 e. The van der Waals surface area contributed by atoms with Gasteiger partial charge in [0, 0.05) is 24.0 Å². The van der Waals surface area contributed by atoms with Crippen molar-refractivity contribution in [2.45, 2.75) is 13.8 Å². The zero-order valence-electron chi connectivity index (χ0n) is 10.3. The molecule has 0 unspecified atom stereocenters. The maximum Gasteiger partial charge on any atom is 0.0703 e. The summed E-state index contributed by atoms with van der Waals surface area (Å²) in [5, 5.41) is 13.6. The lowest BCUT2D eigenvalue weighted by Gasteiger charge is -2.22. The van der Waals surface area contributed by atoms with Crippen LogP contribution in [0.5, 0.6) is 0 Å². The van der Waals surface area contributed by atoms with Crippen LogP contribution in [0.2, 0.25) is 0 Å². The molecule has 3 heteroatoms. The molecular weight excluding hydrogens is 212 g/mol. The number of nitrogens with one attached hydrogen (secondary N) is 1. The smallest absolute Gasteiger partial charge is 0.0703 e. The second-order valence-corrected chi connectivity index (χ2v) is 5.09. The average molecular weight is 230 g/mol. The SMILES string of the molecule is CC(C)(CO)CNc1cnc2ccccc2c1. The van der Waals surface area contributed by atoms with Gasteiger partial charge in [0.1, 0.15) is 0 Å². The van der Waals surface area contributed by atoms with E-state index >= 15 is 0 Å². The molecule has 1 heterocycles. The number of hydrogen-bond acceptors (Lipinski definition) is 3. The Morgan fingerprint density at radius 3 is 2.82 bits per heavy atom. The van der Waals surface area contributed by atoms with Crippen molar-refractivity contribution >= 4 is 16.6 Å². The quantitative estimate of drug-likeness (QED) is 0.848. The second-order valence-electron chi connectivity index (χ2n) is 5.09. The Morgan fingerprint density at radius 1 is 1.29 bits per heavy atom. The highest BCUT2D eigenvalue weighted by Crippen LogP contribution is 2.19. The van der Waals surface area contributed by atoms with Crippen molar-refractivity contribution in [3.05, 3.63) is 36.5 Å². The molecule has 2 N–H and O–H groups in total. The summed E-state index contributed by atoms with van der Waals surface area (Å²) in [7, 11) is 0. The Morgan fingerprint density at radius 2 is 2.06 bits per heavy atom. The number of aromatic nitrogens is 1. The fourth-order valence-corrected chi connectivity index (χ4v) is 1.56. The van der Waals surface area contributed by atoms with Crippen LogP contribution in [-0.4, -0.2) is 23.2 Å². The highest BCUT2D eigenvalue weighted by molar-refractivity contribution is 5.81. The fourth-order valence-electron chi connectivity index (χ4n) is 1.56. The molecular formula is C14H18N2O. The Bertz CT molecular complexity index is 508. The summed E-state index contributed by atoms with van der Waals surface area (Å²) in [6.45, 7) is 4.94. The van der Waals surface area contributed by atoms with Gasteiger partial charge in [-0.3, -0.25) is 4.98 Å². The topological polar surface area (TPSA) is 45.1 Å². The molecule has 90 valence electrons. The van der Waals surface area contributed by atoms with E-state index in [1.807, 2.05) is 44.3 Å². The molecule has 2 aromatic rings. The molecule has 0 amide bonds. The molecule has 0 aliphatic rings. The molecule has 1 aromatic heterocycles. The van der Waals surface area contributed by atoms with Crippen LogP contribution < -0.4 is 5.32 Å². The van der Waals surface area contributed by atoms with Gasteiger partial charge in [-0.25, -0.2) is 0 Å². The van der Waals surface area contributed by atoms with Crippen molar-refractivity contribution in [2.24, 2.45) is 5.41 Å². The van der Waals surface area contributed by atoms with Gasteiger partial charge >= 0.3 is 0 Å². The summed E-state index contributed by atoms with van der Waals surface area (Å²) >= 11 is 0. The number of aliphatic hydroxyl groups excluding tert-OH is 1. The number of hydrogen-bond donors (Lipinski definition) is 2. The van der Waals surface area contributed by atoms with Gasteiger partial charge < -0.3 is 10.4 Å². The third kappa shape index (κ3) is 2.94. The molecule has 0 aliphatic carbocycles.